The molecule has 0 aliphatic heterocycles. The molecule has 5 nitrogen and oxygen atoms in total. The number of hydrogen-bond acceptors (Lipinski definition) is 4. The van der Waals surface area contributed by atoms with Crippen LogP contribution < -0.4 is 11.1 Å². The van der Waals surface area contributed by atoms with Crippen molar-refractivity contribution in [2.75, 3.05) is 25.5 Å². The molecule has 0 amide bonds. The molecule has 0 aliphatic rings. The van der Waals surface area contributed by atoms with Crippen LogP contribution in [0.15, 0.2) is 12.3 Å². The molecule has 0 fully saturated rings. The molecule has 1 heterocycles. The van der Waals surface area contributed by atoms with Gasteiger partial charge in [-0.3, -0.25) is 4.68 Å². The van der Waals surface area contributed by atoms with Crippen LogP contribution in [0.1, 0.15) is 6.42 Å². The third-order valence-electron chi connectivity index (χ3n) is 2.19. The molecule has 0 spiro atoms. The second-order valence-electron chi connectivity index (χ2n) is 3.15. The fourth-order valence-corrected chi connectivity index (χ4v) is 1.24. The molecule has 0 aromatic carbocycles. The first-order chi connectivity index (χ1) is 6.77. The van der Waals surface area contributed by atoms with Crippen LogP contribution in [0, 0.1) is 0 Å². The molecule has 0 aliphatic carbocycles. The van der Waals surface area contributed by atoms with Gasteiger partial charge >= 0.3 is 0 Å². The van der Waals surface area contributed by atoms with E-state index in [-0.39, 0.29) is 6.10 Å². The summed E-state index contributed by atoms with van der Waals surface area (Å²) in [4.78, 5) is 0. The Morgan fingerprint density at radius 2 is 2.50 bits per heavy atom. The quantitative estimate of drug-likeness (QED) is 0.685. The Hall–Kier alpha value is -1.07. The monoisotopic (exact) mass is 198 g/mol. The van der Waals surface area contributed by atoms with E-state index in [1.54, 1.807) is 18.0 Å². The zero-order chi connectivity index (χ0) is 10.4. The average Bonchev–Trinajstić information content (AvgIpc) is 2.59. The lowest BCUT2D eigenvalue weighted by Gasteiger charge is -2.13. The molecule has 1 aromatic rings. The summed E-state index contributed by atoms with van der Waals surface area (Å²) in [5.74, 6) is 1.01. The van der Waals surface area contributed by atoms with E-state index in [1.165, 1.54) is 0 Å². The predicted molar refractivity (Wildman–Crippen MR) is 56.2 cm³/mol. The van der Waals surface area contributed by atoms with Gasteiger partial charge in [0.25, 0.3) is 0 Å². The van der Waals surface area contributed by atoms with Gasteiger partial charge in [0.05, 0.1) is 12.3 Å². The van der Waals surface area contributed by atoms with Crippen molar-refractivity contribution in [2.45, 2.75) is 12.5 Å². The van der Waals surface area contributed by atoms with Crippen molar-refractivity contribution in [1.29, 1.82) is 0 Å². The minimum Gasteiger partial charge on any atom is -0.380 e. The second-order valence-corrected chi connectivity index (χ2v) is 3.15. The third-order valence-corrected chi connectivity index (χ3v) is 2.19. The lowest BCUT2D eigenvalue weighted by molar-refractivity contribution is 0.105. The lowest BCUT2D eigenvalue weighted by atomic mass is 10.2. The number of methoxy groups -OCH3 is 1. The summed E-state index contributed by atoms with van der Waals surface area (Å²) in [6.07, 6.45) is 2.80. The molecular weight excluding hydrogens is 180 g/mol. The Labute approximate surface area is 84.2 Å². The molecule has 3 N–H and O–H groups in total. The number of rotatable bonds is 6. The fourth-order valence-electron chi connectivity index (χ4n) is 1.24. The van der Waals surface area contributed by atoms with Crippen molar-refractivity contribution in [2.24, 2.45) is 12.8 Å². The van der Waals surface area contributed by atoms with Crippen LogP contribution in [-0.4, -0.2) is 36.1 Å². The molecule has 0 saturated heterocycles. The number of hydrogen-bond donors (Lipinski definition) is 2. The van der Waals surface area contributed by atoms with Gasteiger partial charge in [-0.15, -0.1) is 0 Å². The summed E-state index contributed by atoms with van der Waals surface area (Å²) >= 11 is 0. The molecule has 1 rings (SSSR count). The van der Waals surface area contributed by atoms with Crippen molar-refractivity contribution in [1.82, 2.24) is 9.78 Å². The summed E-state index contributed by atoms with van der Waals surface area (Å²) in [5.41, 5.74) is 5.50. The molecule has 5 heteroatoms. The zero-order valence-electron chi connectivity index (χ0n) is 8.73. The number of nitrogens with two attached hydrogens (primary N) is 1. The van der Waals surface area contributed by atoms with Gasteiger partial charge in [-0.05, 0) is 6.42 Å². The van der Waals surface area contributed by atoms with Gasteiger partial charge in [-0.1, -0.05) is 0 Å². The van der Waals surface area contributed by atoms with E-state index in [4.69, 9.17) is 10.5 Å². The molecule has 80 valence electrons. The van der Waals surface area contributed by atoms with Gasteiger partial charge in [-0.2, -0.15) is 5.10 Å². The SMILES string of the molecule is COC(CN)CCNc1ccnn1C. The Balaban J connectivity index is 2.24. The van der Waals surface area contributed by atoms with Gasteiger partial charge in [0.15, 0.2) is 0 Å². The van der Waals surface area contributed by atoms with Gasteiger partial charge in [0.1, 0.15) is 5.82 Å². The Morgan fingerprint density at radius 3 is 3.00 bits per heavy atom. The number of ether oxygens (including phenoxy) is 1. The van der Waals surface area contributed by atoms with E-state index in [0.29, 0.717) is 6.54 Å². The smallest absolute Gasteiger partial charge is 0.123 e. The predicted octanol–water partition coefficient (Wildman–Crippen LogP) is 0.196. The highest BCUT2D eigenvalue weighted by Gasteiger charge is 2.04. The van der Waals surface area contributed by atoms with Gasteiger partial charge in [-0.25, -0.2) is 0 Å². The Bertz CT molecular complexity index is 257. The standard InChI is InChI=1S/C9H18N4O/c1-13-9(4-6-12-13)11-5-3-8(7-10)14-2/h4,6,8,11H,3,5,7,10H2,1-2H3. The maximum Gasteiger partial charge on any atom is 0.123 e. The fraction of sp³-hybridized carbons (Fsp3) is 0.667. The first kappa shape index (κ1) is 11.0. The van der Waals surface area contributed by atoms with Crippen LogP contribution in [0.3, 0.4) is 0 Å². The second kappa shape index (κ2) is 5.62. The number of aryl methyl sites for hydroxylation is 1. The topological polar surface area (TPSA) is 65.1 Å². The molecule has 1 unspecified atom stereocenters. The maximum atomic E-state index is 5.50. The first-order valence-corrected chi connectivity index (χ1v) is 4.72. The van der Waals surface area contributed by atoms with Crippen molar-refractivity contribution in [3.63, 3.8) is 0 Å². The highest BCUT2D eigenvalue weighted by molar-refractivity contribution is 5.33. The largest absolute Gasteiger partial charge is 0.380 e. The van der Waals surface area contributed by atoms with Crippen molar-refractivity contribution < 1.29 is 4.74 Å². The molecule has 14 heavy (non-hydrogen) atoms. The maximum absolute atomic E-state index is 5.50. The minimum atomic E-state index is 0.135. The van der Waals surface area contributed by atoms with Crippen LogP contribution in [-0.2, 0) is 11.8 Å². The minimum absolute atomic E-state index is 0.135. The van der Waals surface area contributed by atoms with E-state index < -0.39 is 0 Å². The molecule has 0 saturated carbocycles. The van der Waals surface area contributed by atoms with Crippen LogP contribution >= 0.6 is 0 Å². The third kappa shape index (κ3) is 3.01. The first-order valence-electron chi connectivity index (χ1n) is 4.72. The summed E-state index contributed by atoms with van der Waals surface area (Å²) in [7, 11) is 3.58. The van der Waals surface area contributed by atoms with E-state index in [0.717, 1.165) is 18.8 Å². The van der Waals surface area contributed by atoms with Crippen molar-refractivity contribution in [3.8, 4) is 0 Å². The van der Waals surface area contributed by atoms with E-state index in [1.807, 2.05) is 13.1 Å². The highest BCUT2D eigenvalue weighted by atomic mass is 16.5. The van der Waals surface area contributed by atoms with Crippen LogP contribution in [0.25, 0.3) is 0 Å². The highest BCUT2D eigenvalue weighted by Crippen LogP contribution is 2.04. The molecule has 1 atom stereocenters. The van der Waals surface area contributed by atoms with Crippen LogP contribution in [0.2, 0.25) is 0 Å². The number of nitrogens with one attached hydrogen (secondary N) is 1. The van der Waals surface area contributed by atoms with E-state index >= 15 is 0 Å². The van der Waals surface area contributed by atoms with Gasteiger partial charge in [0.2, 0.25) is 0 Å². The summed E-state index contributed by atoms with van der Waals surface area (Å²) < 4.78 is 6.96. The summed E-state index contributed by atoms with van der Waals surface area (Å²) in [5, 5.41) is 7.31. The molecular formula is C9H18N4O. The van der Waals surface area contributed by atoms with Crippen LogP contribution in [0.4, 0.5) is 5.82 Å². The Morgan fingerprint density at radius 1 is 1.71 bits per heavy atom. The van der Waals surface area contributed by atoms with E-state index in [2.05, 4.69) is 10.4 Å². The number of aromatic nitrogens is 2. The zero-order valence-corrected chi connectivity index (χ0v) is 8.73. The molecule has 0 radical (unpaired) electrons. The van der Waals surface area contributed by atoms with Crippen LogP contribution in [0.5, 0.6) is 0 Å². The average molecular weight is 198 g/mol. The summed E-state index contributed by atoms with van der Waals surface area (Å²) in [6, 6.07) is 1.93. The number of anilines is 1. The Kier molecular flexibility index (Phi) is 4.42. The molecule has 1 aromatic heterocycles. The van der Waals surface area contributed by atoms with Crippen molar-refractivity contribution >= 4 is 5.82 Å². The van der Waals surface area contributed by atoms with Crippen molar-refractivity contribution in [3.05, 3.63) is 12.3 Å². The van der Waals surface area contributed by atoms with E-state index in [9.17, 15) is 0 Å². The van der Waals surface area contributed by atoms with Gasteiger partial charge < -0.3 is 15.8 Å². The molecule has 0 bridgehead atoms. The lowest BCUT2D eigenvalue weighted by Crippen LogP contribution is -2.25. The summed E-state index contributed by atoms with van der Waals surface area (Å²) in [6.45, 7) is 1.40. The normalized spacial score (nSPS) is 12.8. The number of nitrogens with zero attached hydrogens (tertiary/aromatic N) is 2. The van der Waals surface area contributed by atoms with Gasteiger partial charge in [0, 0.05) is 33.3 Å².